The van der Waals surface area contributed by atoms with Crippen LogP contribution in [-0.2, 0) is 43.1 Å². The summed E-state index contributed by atoms with van der Waals surface area (Å²) in [4.78, 5) is 65.7. The Labute approximate surface area is 166 Å². The van der Waals surface area contributed by atoms with Gasteiger partial charge in [-0.15, -0.1) is 5.06 Å². The van der Waals surface area contributed by atoms with Gasteiger partial charge in [0.1, 0.15) is 0 Å². The monoisotopic (exact) mass is 428 g/mol. The predicted molar refractivity (Wildman–Crippen MR) is 93.6 cm³/mol. The SMILES string of the molecule is COS(=O)(=O)C1CC(=O)N(OC(=O)C2CCC(CN3C(=O)C=CC3=O)CC2)C1=O. The first kappa shape index (κ1) is 21.1. The molecule has 0 aromatic rings. The van der Waals surface area contributed by atoms with Crippen LogP contribution in [0.2, 0.25) is 0 Å². The van der Waals surface area contributed by atoms with E-state index in [1.54, 1.807) is 0 Å². The van der Waals surface area contributed by atoms with Gasteiger partial charge >= 0.3 is 5.97 Å². The summed E-state index contributed by atoms with van der Waals surface area (Å²) in [7, 11) is -3.40. The van der Waals surface area contributed by atoms with Gasteiger partial charge in [-0.2, -0.15) is 8.42 Å². The van der Waals surface area contributed by atoms with Gasteiger partial charge in [-0.25, -0.2) is 4.79 Å². The molecule has 3 rings (SSSR count). The van der Waals surface area contributed by atoms with Crippen molar-refractivity contribution in [3.63, 3.8) is 0 Å². The van der Waals surface area contributed by atoms with Crippen LogP contribution in [0.1, 0.15) is 32.1 Å². The van der Waals surface area contributed by atoms with Gasteiger partial charge in [0.2, 0.25) is 0 Å². The topological polar surface area (TPSA) is 144 Å². The van der Waals surface area contributed by atoms with E-state index in [0.717, 1.165) is 12.0 Å². The summed E-state index contributed by atoms with van der Waals surface area (Å²) in [6.45, 7) is 0.270. The van der Waals surface area contributed by atoms with Gasteiger partial charge < -0.3 is 4.84 Å². The lowest BCUT2D eigenvalue weighted by Gasteiger charge is -2.29. The number of hydrogen-bond donors (Lipinski definition) is 0. The van der Waals surface area contributed by atoms with Gasteiger partial charge in [0.15, 0.2) is 5.25 Å². The Morgan fingerprint density at radius 2 is 1.66 bits per heavy atom. The number of carbonyl (C=O) groups excluding carboxylic acids is 5. The minimum Gasteiger partial charge on any atom is -0.330 e. The number of imide groups is 2. The average Bonchev–Trinajstić information content (AvgIpc) is 3.16. The van der Waals surface area contributed by atoms with Crippen LogP contribution in [0.3, 0.4) is 0 Å². The second-order valence-electron chi connectivity index (χ2n) is 7.13. The summed E-state index contributed by atoms with van der Waals surface area (Å²) in [6.07, 6.45) is 3.67. The van der Waals surface area contributed by atoms with E-state index < -0.39 is 45.5 Å². The number of nitrogens with zero attached hydrogens (tertiary/aromatic N) is 2. The van der Waals surface area contributed by atoms with E-state index in [-0.39, 0.29) is 29.3 Å². The molecule has 11 nitrogen and oxygen atoms in total. The molecule has 1 aliphatic carbocycles. The van der Waals surface area contributed by atoms with E-state index in [1.165, 1.54) is 12.2 Å². The molecule has 0 spiro atoms. The Hall–Kier alpha value is -2.60. The lowest BCUT2D eigenvalue weighted by molar-refractivity contribution is -0.201. The molecule has 0 radical (unpaired) electrons. The molecule has 2 heterocycles. The van der Waals surface area contributed by atoms with Crippen LogP contribution in [0.4, 0.5) is 0 Å². The molecule has 12 heteroatoms. The van der Waals surface area contributed by atoms with E-state index in [0.29, 0.717) is 25.7 Å². The van der Waals surface area contributed by atoms with Gasteiger partial charge in [0, 0.05) is 18.7 Å². The van der Waals surface area contributed by atoms with Crippen LogP contribution in [0, 0.1) is 11.8 Å². The van der Waals surface area contributed by atoms with Gasteiger partial charge in [-0.05, 0) is 31.6 Å². The van der Waals surface area contributed by atoms with Crippen molar-refractivity contribution in [2.45, 2.75) is 37.4 Å². The Morgan fingerprint density at radius 1 is 1.07 bits per heavy atom. The molecular weight excluding hydrogens is 408 g/mol. The maximum absolute atomic E-state index is 12.3. The van der Waals surface area contributed by atoms with E-state index in [9.17, 15) is 32.4 Å². The van der Waals surface area contributed by atoms with Crippen molar-refractivity contribution in [2.75, 3.05) is 13.7 Å². The first-order valence-electron chi connectivity index (χ1n) is 9.05. The smallest absolute Gasteiger partial charge is 0.330 e. The molecule has 0 N–H and O–H groups in total. The summed E-state index contributed by atoms with van der Waals surface area (Å²) in [6, 6.07) is 0. The van der Waals surface area contributed by atoms with E-state index in [4.69, 9.17) is 4.84 Å². The van der Waals surface area contributed by atoms with Crippen LogP contribution in [0.5, 0.6) is 0 Å². The quantitative estimate of drug-likeness (QED) is 0.395. The van der Waals surface area contributed by atoms with Gasteiger partial charge in [-0.3, -0.25) is 28.3 Å². The van der Waals surface area contributed by atoms with Crippen molar-refractivity contribution in [3.8, 4) is 0 Å². The number of rotatable bonds is 6. The maximum Gasteiger partial charge on any atom is 0.336 e. The normalized spacial score (nSPS) is 27.8. The molecule has 4 amide bonds. The zero-order valence-electron chi connectivity index (χ0n) is 15.6. The van der Waals surface area contributed by atoms with Crippen LogP contribution in [0.25, 0.3) is 0 Å². The van der Waals surface area contributed by atoms with Crippen molar-refractivity contribution >= 4 is 39.7 Å². The van der Waals surface area contributed by atoms with Crippen molar-refractivity contribution in [2.24, 2.45) is 11.8 Å². The highest BCUT2D eigenvalue weighted by Gasteiger charge is 2.49. The van der Waals surface area contributed by atoms with Gasteiger partial charge in [0.25, 0.3) is 33.7 Å². The molecule has 1 saturated carbocycles. The largest absolute Gasteiger partial charge is 0.336 e. The zero-order valence-corrected chi connectivity index (χ0v) is 16.4. The Morgan fingerprint density at radius 3 is 2.21 bits per heavy atom. The lowest BCUT2D eigenvalue weighted by Crippen LogP contribution is -2.40. The fourth-order valence-electron chi connectivity index (χ4n) is 3.63. The molecule has 158 valence electrons. The van der Waals surface area contributed by atoms with Crippen LogP contribution < -0.4 is 0 Å². The first-order valence-corrected chi connectivity index (χ1v) is 10.5. The van der Waals surface area contributed by atoms with Crippen molar-refractivity contribution in [3.05, 3.63) is 12.2 Å². The highest BCUT2D eigenvalue weighted by molar-refractivity contribution is 7.88. The maximum atomic E-state index is 12.3. The van der Waals surface area contributed by atoms with Crippen LogP contribution >= 0.6 is 0 Å². The molecule has 2 aliphatic heterocycles. The molecule has 3 aliphatic rings. The first-order chi connectivity index (χ1) is 13.6. The molecule has 2 fully saturated rings. The molecule has 1 saturated heterocycles. The molecule has 0 bridgehead atoms. The average molecular weight is 428 g/mol. The van der Waals surface area contributed by atoms with Crippen molar-refractivity contribution in [1.29, 1.82) is 0 Å². The van der Waals surface area contributed by atoms with E-state index in [1.807, 2.05) is 0 Å². The summed E-state index contributed by atoms with van der Waals surface area (Å²) in [5.41, 5.74) is 0. The van der Waals surface area contributed by atoms with Crippen molar-refractivity contribution < 1.29 is 41.4 Å². The van der Waals surface area contributed by atoms with Gasteiger partial charge in [0.05, 0.1) is 19.4 Å². The summed E-state index contributed by atoms with van der Waals surface area (Å²) in [5, 5.41) is -1.53. The summed E-state index contributed by atoms with van der Waals surface area (Å²) >= 11 is 0. The third-order valence-electron chi connectivity index (χ3n) is 5.35. The van der Waals surface area contributed by atoms with Crippen LogP contribution in [0.15, 0.2) is 12.2 Å². The van der Waals surface area contributed by atoms with E-state index in [2.05, 4.69) is 4.18 Å². The van der Waals surface area contributed by atoms with Crippen molar-refractivity contribution in [1.82, 2.24) is 9.96 Å². The highest BCUT2D eigenvalue weighted by Crippen LogP contribution is 2.31. The fourth-order valence-corrected chi connectivity index (χ4v) is 4.56. The Kier molecular flexibility index (Phi) is 5.85. The summed E-state index contributed by atoms with van der Waals surface area (Å²) < 4.78 is 27.7. The minimum absolute atomic E-state index is 0.0399. The Bertz CT molecular complexity index is 869. The highest BCUT2D eigenvalue weighted by atomic mass is 32.2. The molecular formula is C17H20N2O9S. The summed E-state index contributed by atoms with van der Waals surface area (Å²) in [5.74, 6) is -4.13. The fraction of sp³-hybridized carbons (Fsp3) is 0.588. The number of hydrogen-bond acceptors (Lipinski definition) is 9. The van der Waals surface area contributed by atoms with E-state index >= 15 is 0 Å². The van der Waals surface area contributed by atoms with Gasteiger partial charge in [-0.1, -0.05) is 0 Å². The second kappa shape index (κ2) is 8.03. The third kappa shape index (κ3) is 4.22. The Balaban J connectivity index is 1.52. The predicted octanol–water partition coefficient (Wildman–Crippen LogP) is -0.720. The second-order valence-corrected chi connectivity index (χ2v) is 9.01. The lowest BCUT2D eigenvalue weighted by atomic mass is 9.82. The number of amides is 4. The molecule has 0 aromatic heterocycles. The standard InChI is InChI=1S/C17H20N2O9S/c1-27-29(25,26)12-8-15(22)19(16(12)23)28-17(24)11-4-2-10(3-5-11)9-18-13(20)6-7-14(18)21/h6-7,10-12H,2-5,8-9H2,1H3. The zero-order chi connectivity index (χ0) is 21.3. The number of carbonyl (C=O) groups is 5. The molecule has 1 atom stereocenters. The molecule has 29 heavy (non-hydrogen) atoms. The number of hydroxylamine groups is 2. The minimum atomic E-state index is -4.27. The third-order valence-corrected chi connectivity index (χ3v) is 6.88. The van der Waals surface area contributed by atoms with Crippen LogP contribution in [-0.4, -0.2) is 66.9 Å². The molecule has 0 aromatic carbocycles. The molecule has 1 unspecified atom stereocenters.